The first-order chi connectivity index (χ1) is 12.2. The van der Waals surface area contributed by atoms with Crippen LogP contribution in [0.25, 0.3) is 22.4 Å². The predicted molar refractivity (Wildman–Crippen MR) is 99.6 cm³/mol. The SMILES string of the molecule is NCCCCCNc1ccc2nc(-c3ccc([N+](=O)[O-])cc3)[nH]c2c1. The number of non-ortho nitro benzene ring substituents is 1. The topological polar surface area (TPSA) is 110 Å². The summed E-state index contributed by atoms with van der Waals surface area (Å²) in [5, 5.41) is 14.1. The molecule has 7 nitrogen and oxygen atoms in total. The van der Waals surface area contributed by atoms with Crippen molar-refractivity contribution in [3.8, 4) is 11.4 Å². The van der Waals surface area contributed by atoms with E-state index < -0.39 is 4.92 Å². The van der Waals surface area contributed by atoms with Crippen LogP contribution in [0.4, 0.5) is 11.4 Å². The van der Waals surface area contributed by atoms with Crippen LogP contribution in [0.1, 0.15) is 19.3 Å². The van der Waals surface area contributed by atoms with E-state index >= 15 is 0 Å². The van der Waals surface area contributed by atoms with Gasteiger partial charge in [-0.1, -0.05) is 6.42 Å². The number of nitrogens with one attached hydrogen (secondary N) is 2. The molecule has 0 unspecified atom stereocenters. The molecule has 0 saturated carbocycles. The van der Waals surface area contributed by atoms with Crippen LogP contribution in [0, 0.1) is 10.1 Å². The van der Waals surface area contributed by atoms with Crippen molar-refractivity contribution in [1.82, 2.24) is 9.97 Å². The summed E-state index contributed by atoms with van der Waals surface area (Å²) in [5.41, 5.74) is 9.22. The van der Waals surface area contributed by atoms with E-state index in [0.29, 0.717) is 5.82 Å². The van der Waals surface area contributed by atoms with Crippen molar-refractivity contribution in [3.05, 3.63) is 52.6 Å². The summed E-state index contributed by atoms with van der Waals surface area (Å²) in [6, 6.07) is 12.4. The van der Waals surface area contributed by atoms with E-state index in [1.165, 1.54) is 12.1 Å². The Labute approximate surface area is 145 Å². The molecule has 1 heterocycles. The molecule has 0 radical (unpaired) electrons. The highest BCUT2D eigenvalue weighted by atomic mass is 16.6. The molecule has 0 aliphatic carbocycles. The zero-order valence-corrected chi connectivity index (χ0v) is 13.9. The van der Waals surface area contributed by atoms with Crippen molar-refractivity contribution < 1.29 is 4.92 Å². The molecule has 0 amide bonds. The molecule has 0 atom stereocenters. The van der Waals surface area contributed by atoms with Gasteiger partial charge in [-0.3, -0.25) is 10.1 Å². The molecule has 3 rings (SSSR count). The number of nitro groups is 1. The van der Waals surface area contributed by atoms with Crippen LogP contribution in [-0.4, -0.2) is 28.0 Å². The number of nitrogens with two attached hydrogens (primary N) is 1. The number of nitrogens with zero attached hydrogens (tertiary/aromatic N) is 2. The maximum Gasteiger partial charge on any atom is 0.269 e. The van der Waals surface area contributed by atoms with Gasteiger partial charge in [0.25, 0.3) is 5.69 Å². The van der Waals surface area contributed by atoms with Crippen LogP contribution in [0.15, 0.2) is 42.5 Å². The minimum atomic E-state index is -0.409. The van der Waals surface area contributed by atoms with Crippen molar-refractivity contribution in [2.75, 3.05) is 18.4 Å². The Kier molecular flexibility index (Phi) is 5.25. The molecule has 0 aliphatic heterocycles. The van der Waals surface area contributed by atoms with Gasteiger partial charge in [0.2, 0.25) is 0 Å². The van der Waals surface area contributed by atoms with Crippen LogP contribution in [-0.2, 0) is 0 Å². The summed E-state index contributed by atoms with van der Waals surface area (Å²) in [4.78, 5) is 18.2. The first-order valence-corrected chi connectivity index (χ1v) is 8.36. The fourth-order valence-electron chi connectivity index (χ4n) is 2.68. The summed E-state index contributed by atoms with van der Waals surface area (Å²) in [6.45, 7) is 1.65. The minimum Gasteiger partial charge on any atom is -0.385 e. The predicted octanol–water partition coefficient (Wildman–Crippen LogP) is 3.68. The van der Waals surface area contributed by atoms with Crippen molar-refractivity contribution in [1.29, 1.82) is 0 Å². The second kappa shape index (κ2) is 7.76. The summed E-state index contributed by atoms with van der Waals surface area (Å²) in [7, 11) is 0. The minimum absolute atomic E-state index is 0.0704. The normalized spacial score (nSPS) is 10.9. The van der Waals surface area contributed by atoms with Crippen LogP contribution >= 0.6 is 0 Å². The van der Waals surface area contributed by atoms with Crippen molar-refractivity contribution in [2.24, 2.45) is 5.73 Å². The Balaban J connectivity index is 1.72. The largest absolute Gasteiger partial charge is 0.385 e. The molecule has 1 aromatic heterocycles. The van der Waals surface area contributed by atoms with Gasteiger partial charge in [-0.25, -0.2) is 4.98 Å². The van der Waals surface area contributed by atoms with E-state index in [4.69, 9.17) is 5.73 Å². The number of unbranched alkanes of at least 4 members (excludes halogenated alkanes) is 2. The number of anilines is 1. The number of aromatic amines is 1. The van der Waals surface area contributed by atoms with Crippen LogP contribution in [0.3, 0.4) is 0 Å². The highest BCUT2D eigenvalue weighted by Gasteiger charge is 2.09. The Morgan fingerprint density at radius 3 is 2.64 bits per heavy atom. The van der Waals surface area contributed by atoms with Crippen LogP contribution in [0.5, 0.6) is 0 Å². The standard InChI is InChI=1S/C18H21N5O2/c19-10-2-1-3-11-20-14-6-9-16-17(12-14)22-18(21-16)13-4-7-15(8-5-13)23(24)25/h4-9,12,20H,1-3,10-11,19H2,(H,21,22). The lowest BCUT2D eigenvalue weighted by molar-refractivity contribution is -0.384. The molecule has 0 saturated heterocycles. The van der Waals surface area contributed by atoms with Crippen molar-refractivity contribution in [2.45, 2.75) is 19.3 Å². The summed E-state index contributed by atoms with van der Waals surface area (Å²) >= 11 is 0. The molecule has 0 fully saturated rings. The maximum atomic E-state index is 10.7. The number of imidazole rings is 1. The highest BCUT2D eigenvalue weighted by molar-refractivity contribution is 5.82. The second-order valence-electron chi connectivity index (χ2n) is 5.90. The number of hydrogen-bond donors (Lipinski definition) is 3. The summed E-state index contributed by atoms with van der Waals surface area (Å²) in [5.74, 6) is 0.699. The van der Waals surface area contributed by atoms with Gasteiger partial charge in [-0.2, -0.15) is 0 Å². The number of rotatable bonds is 8. The number of aromatic nitrogens is 2. The van der Waals surface area contributed by atoms with Gasteiger partial charge < -0.3 is 16.0 Å². The first-order valence-electron chi connectivity index (χ1n) is 8.36. The lowest BCUT2D eigenvalue weighted by Gasteiger charge is -2.05. The van der Waals surface area contributed by atoms with E-state index in [0.717, 1.165) is 54.6 Å². The molecule has 130 valence electrons. The summed E-state index contributed by atoms with van der Waals surface area (Å²) in [6.07, 6.45) is 3.27. The lowest BCUT2D eigenvalue weighted by atomic mass is 10.2. The van der Waals surface area contributed by atoms with E-state index in [-0.39, 0.29) is 5.69 Å². The third kappa shape index (κ3) is 4.13. The molecule has 7 heteroatoms. The highest BCUT2D eigenvalue weighted by Crippen LogP contribution is 2.24. The van der Waals surface area contributed by atoms with Crippen LogP contribution < -0.4 is 11.1 Å². The Hall–Kier alpha value is -2.93. The maximum absolute atomic E-state index is 10.7. The molecule has 0 spiro atoms. The number of hydrogen-bond acceptors (Lipinski definition) is 5. The first kappa shape index (κ1) is 16.9. The molecule has 25 heavy (non-hydrogen) atoms. The van der Waals surface area contributed by atoms with Gasteiger partial charge in [0.1, 0.15) is 5.82 Å². The quantitative estimate of drug-likeness (QED) is 0.329. The van der Waals surface area contributed by atoms with Gasteiger partial charge in [-0.05, 0) is 49.7 Å². The number of fused-ring (bicyclic) bond motifs is 1. The third-order valence-electron chi connectivity index (χ3n) is 4.04. The number of benzene rings is 2. The van der Waals surface area contributed by atoms with Gasteiger partial charge in [-0.15, -0.1) is 0 Å². The van der Waals surface area contributed by atoms with Crippen molar-refractivity contribution >= 4 is 22.4 Å². The van der Waals surface area contributed by atoms with Crippen LogP contribution in [0.2, 0.25) is 0 Å². The smallest absolute Gasteiger partial charge is 0.269 e. The fraction of sp³-hybridized carbons (Fsp3) is 0.278. The van der Waals surface area contributed by atoms with Gasteiger partial charge >= 0.3 is 0 Å². The zero-order chi connectivity index (χ0) is 17.6. The number of nitro benzene ring substituents is 1. The zero-order valence-electron chi connectivity index (χ0n) is 13.9. The summed E-state index contributed by atoms with van der Waals surface area (Å²) < 4.78 is 0. The number of H-pyrrole nitrogens is 1. The second-order valence-corrected chi connectivity index (χ2v) is 5.90. The molecule has 2 aromatic carbocycles. The Morgan fingerprint density at radius 2 is 1.92 bits per heavy atom. The van der Waals surface area contributed by atoms with E-state index in [1.807, 2.05) is 18.2 Å². The van der Waals surface area contributed by atoms with Gasteiger partial charge in [0.05, 0.1) is 16.0 Å². The molecule has 0 bridgehead atoms. The van der Waals surface area contributed by atoms with Gasteiger partial charge in [0.15, 0.2) is 0 Å². The Bertz CT molecular complexity index is 858. The lowest BCUT2D eigenvalue weighted by Crippen LogP contribution is -2.03. The molecule has 0 aliphatic rings. The molecule has 4 N–H and O–H groups in total. The molecular weight excluding hydrogens is 318 g/mol. The monoisotopic (exact) mass is 339 g/mol. The van der Waals surface area contributed by atoms with E-state index in [9.17, 15) is 10.1 Å². The molecule has 3 aromatic rings. The van der Waals surface area contributed by atoms with Crippen molar-refractivity contribution in [3.63, 3.8) is 0 Å². The third-order valence-corrected chi connectivity index (χ3v) is 4.04. The Morgan fingerprint density at radius 1 is 1.12 bits per heavy atom. The van der Waals surface area contributed by atoms with Gasteiger partial charge in [0, 0.05) is 29.9 Å². The fourth-order valence-corrected chi connectivity index (χ4v) is 2.68. The average molecular weight is 339 g/mol. The average Bonchev–Trinajstić information content (AvgIpc) is 3.05. The van der Waals surface area contributed by atoms with E-state index in [2.05, 4.69) is 15.3 Å². The van der Waals surface area contributed by atoms with E-state index in [1.54, 1.807) is 12.1 Å². The molecular formula is C18H21N5O2.